The topological polar surface area (TPSA) is 51.2 Å². The first-order valence-corrected chi connectivity index (χ1v) is 8.64. The number of pyridine rings is 1. The average molecular weight is 367 g/mol. The highest BCUT2D eigenvalue weighted by Crippen LogP contribution is 2.23. The van der Waals surface area contributed by atoms with Gasteiger partial charge in [-0.05, 0) is 48.4 Å². The third-order valence-electron chi connectivity index (χ3n) is 3.92. The molecule has 0 bridgehead atoms. The van der Waals surface area contributed by atoms with E-state index in [4.69, 9.17) is 16.3 Å². The number of amides is 1. The van der Waals surface area contributed by atoms with Crippen LogP contribution in [-0.2, 0) is 4.79 Å². The SMILES string of the molecule is Cc1ccc(OCC(=O)N[C@@H](c2ccc(Cl)cc2)c2cccnc2)cc1. The van der Waals surface area contributed by atoms with Gasteiger partial charge in [-0.15, -0.1) is 0 Å². The first-order chi connectivity index (χ1) is 12.6. The van der Waals surface area contributed by atoms with Crippen LogP contribution in [0.15, 0.2) is 73.1 Å². The number of aryl methyl sites for hydroxylation is 1. The molecule has 3 aromatic rings. The number of hydrogen-bond donors (Lipinski definition) is 1. The van der Waals surface area contributed by atoms with Crippen LogP contribution in [0.3, 0.4) is 0 Å². The molecule has 1 amide bonds. The Hall–Kier alpha value is -2.85. The van der Waals surface area contributed by atoms with Gasteiger partial charge in [-0.1, -0.05) is 47.5 Å². The van der Waals surface area contributed by atoms with Crippen LogP contribution in [0.5, 0.6) is 5.75 Å². The molecule has 0 unspecified atom stereocenters. The van der Waals surface area contributed by atoms with E-state index in [1.165, 1.54) is 0 Å². The normalized spacial score (nSPS) is 11.6. The lowest BCUT2D eigenvalue weighted by Gasteiger charge is -2.20. The summed E-state index contributed by atoms with van der Waals surface area (Å²) in [5.41, 5.74) is 2.95. The predicted octanol–water partition coefficient (Wildman–Crippen LogP) is 4.33. The van der Waals surface area contributed by atoms with Crippen LogP contribution in [0.4, 0.5) is 0 Å². The summed E-state index contributed by atoms with van der Waals surface area (Å²) in [5, 5.41) is 3.65. The van der Waals surface area contributed by atoms with Crippen molar-refractivity contribution in [1.29, 1.82) is 0 Å². The highest BCUT2D eigenvalue weighted by Gasteiger charge is 2.17. The molecular weight excluding hydrogens is 348 g/mol. The Morgan fingerprint density at radius 2 is 1.81 bits per heavy atom. The molecule has 0 aliphatic heterocycles. The van der Waals surface area contributed by atoms with Gasteiger partial charge < -0.3 is 10.1 Å². The minimum absolute atomic E-state index is 0.0621. The summed E-state index contributed by atoms with van der Waals surface area (Å²) in [6.07, 6.45) is 3.44. The van der Waals surface area contributed by atoms with E-state index in [0.717, 1.165) is 16.7 Å². The number of ether oxygens (including phenoxy) is 1. The van der Waals surface area contributed by atoms with Crippen LogP contribution in [0.2, 0.25) is 5.02 Å². The van der Waals surface area contributed by atoms with Gasteiger partial charge in [0.1, 0.15) is 5.75 Å². The van der Waals surface area contributed by atoms with Crippen molar-refractivity contribution in [2.24, 2.45) is 0 Å². The fourth-order valence-corrected chi connectivity index (χ4v) is 2.67. The summed E-state index contributed by atoms with van der Waals surface area (Å²) < 4.78 is 5.57. The second-order valence-corrected chi connectivity index (χ2v) is 6.38. The third-order valence-corrected chi connectivity index (χ3v) is 4.17. The number of carbonyl (C=O) groups is 1. The fourth-order valence-electron chi connectivity index (χ4n) is 2.55. The summed E-state index contributed by atoms with van der Waals surface area (Å²) in [6.45, 7) is 1.94. The van der Waals surface area contributed by atoms with Crippen molar-refractivity contribution in [3.05, 3.63) is 94.8 Å². The Morgan fingerprint density at radius 3 is 2.46 bits per heavy atom. The maximum atomic E-state index is 12.4. The highest BCUT2D eigenvalue weighted by molar-refractivity contribution is 6.30. The molecule has 0 radical (unpaired) electrons. The molecule has 0 aliphatic rings. The van der Waals surface area contributed by atoms with Crippen LogP contribution in [0.1, 0.15) is 22.7 Å². The fraction of sp³-hybridized carbons (Fsp3) is 0.143. The van der Waals surface area contributed by atoms with Crippen molar-refractivity contribution in [2.45, 2.75) is 13.0 Å². The molecule has 1 atom stereocenters. The Balaban J connectivity index is 1.71. The minimum Gasteiger partial charge on any atom is -0.484 e. The summed E-state index contributed by atoms with van der Waals surface area (Å²) in [5.74, 6) is 0.449. The third kappa shape index (κ3) is 4.83. The van der Waals surface area contributed by atoms with Crippen molar-refractivity contribution in [1.82, 2.24) is 10.3 Å². The molecule has 132 valence electrons. The standard InChI is InChI=1S/C21H19ClN2O2/c1-15-4-10-19(11-5-15)26-14-20(25)24-21(17-3-2-12-23-13-17)16-6-8-18(22)9-7-16/h2-13,21H,14H2,1H3,(H,24,25)/t21-/m0/s1. The van der Waals surface area contributed by atoms with E-state index in [-0.39, 0.29) is 18.6 Å². The van der Waals surface area contributed by atoms with Gasteiger partial charge in [0.25, 0.3) is 5.91 Å². The zero-order valence-corrected chi connectivity index (χ0v) is 15.1. The Bertz CT molecular complexity index is 849. The smallest absolute Gasteiger partial charge is 0.258 e. The molecule has 5 heteroatoms. The highest BCUT2D eigenvalue weighted by atomic mass is 35.5. The summed E-state index contributed by atoms with van der Waals surface area (Å²) in [7, 11) is 0. The molecular formula is C21H19ClN2O2. The van der Waals surface area contributed by atoms with Crippen molar-refractivity contribution in [3.63, 3.8) is 0 Å². The molecule has 1 aromatic heterocycles. The first-order valence-electron chi connectivity index (χ1n) is 8.26. The molecule has 1 N–H and O–H groups in total. The summed E-state index contributed by atoms with van der Waals surface area (Å²) in [4.78, 5) is 16.6. The molecule has 26 heavy (non-hydrogen) atoms. The Labute approximate surface area is 157 Å². The molecule has 1 heterocycles. The molecule has 3 rings (SSSR count). The van der Waals surface area contributed by atoms with Gasteiger partial charge >= 0.3 is 0 Å². The van der Waals surface area contributed by atoms with Crippen molar-refractivity contribution >= 4 is 17.5 Å². The van der Waals surface area contributed by atoms with E-state index in [0.29, 0.717) is 10.8 Å². The number of halogens is 1. The molecule has 0 spiro atoms. The van der Waals surface area contributed by atoms with Crippen molar-refractivity contribution in [3.8, 4) is 5.75 Å². The van der Waals surface area contributed by atoms with Gasteiger partial charge in [-0.2, -0.15) is 0 Å². The lowest BCUT2D eigenvalue weighted by molar-refractivity contribution is -0.123. The van der Waals surface area contributed by atoms with E-state index in [1.54, 1.807) is 24.5 Å². The largest absolute Gasteiger partial charge is 0.484 e. The number of benzene rings is 2. The maximum absolute atomic E-state index is 12.4. The monoisotopic (exact) mass is 366 g/mol. The molecule has 4 nitrogen and oxygen atoms in total. The van der Waals surface area contributed by atoms with Crippen LogP contribution < -0.4 is 10.1 Å². The first kappa shape index (κ1) is 18.0. The van der Waals surface area contributed by atoms with Gasteiger partial charge in [0.15, 0.2) is 6.61 Å². The summed E-state index contributed by atoms with van der Waals surface area (Å²) in [6, 6.07) is 18.4. The molecule has 0 fully saturated rings. The summed E-state index contributed by atoms with van der Waals surface area (Å²) >= 11 is 5.98. The number of carbonyl (C=O) groups excluding carboxylic acids is 1. The predicted molar refractivity (Wildman–Crippen MR) is 102 cm³/mol. The number of rotatable bonds is 6. The van der Waals surface area contributed by atoms with Crippen LogP contribution in [0.25, 0.3) is 0 Å². The lowest BCUT2D eigenvalue weighted by atomic mass is 10.0. The molecule has 0 aliphatic carbocycles. The number of nitrogens with one attached hydrogen (secondary N) is 1. The number of hydrogen-bond acceptors (Lipinski definition) is 3. The van der Waals surface area contributed by atoms with E-state index in [9.17, 15) is 4.79 Å². The Morgan fingerprint density at radius 1 is 1.08 bits per heavy atom. The maximum Gasteiger partial charge on any atom is 0.258 e. The molecule has 0 saturated carbocycles. The van der Waals surface area contributed by atoms with Gasteiger partial charge in [-0.25, -0.2) is 0 Å². The lowest BCUT2D eigenvalue weighted by Crippen LogP contribution is -2.33. The van der Waals surface area contributed by atoms with Gasteiger partial charge in [-0.3, -0.25) is 9.78 Å². The minimum atomic E-state index is -0.324. The average Bonchev–Trinajstić information content (AvgIpc) is 2.67. The second kappa shape index (κ2) is 8.50. The van der Waals surface area contributed by atoms with Crippen LogP contribution in [-0.4, -0.2) is 17.5 Å². The van der Waals surface area contributed by atoms with E-state index < -0.39 is 0 Å². The zero-order chi connectivity index (χ0) is 18.4. The van der Waals surface area contributed by atoms with Crippen LogP contribution in [0, 0.1) is 6.92 Å². The molecule has 0 saturated heterocycles. The van der Waals surface area contributed by atoms with Gasteiger partial charge in [0.05, 0.1) is 6.04 Å². The number of nitrogens with zero attached hydrogens (tertiary/aromatic N) is 1. The van der Waals surface area contributed by atoms with Crippen LogP contribution >= 0.6 is 11.6 Å². The Kier molecular flexibility index (Phi) is 5.87. The van der Waals surface area contributed by atoms with E-state index in [1.807, 2.05) is 55.5 Å². The zero-order valence-electron chi connectivity index (χ0n) is 14.4. The number of aromatic nitrogens is 1. The van der Waals surface area contributed by atoms with Crippen molar-refractivity contribution < 1.29 is 9.53 Å². The second-order valence-electron chi connectivity index (χ2n) is 5.94. The van der Waals surface area contributed by atoms with Gasteiger partial charge in [0.2, 0.25) is 0 Å². The van der Waals surface area contributed by atoms with E-state index >= 15 is 0 Å². The van der Waals surface area contributed by atoms with E-state index in [2.05, 4.69) is 10.3 Å². The molecule has 2 aromatic carbocycles. The quantitative estimate of drug-likeness (QED) is 0.706. The van der Waals surface area contributed by atoms with Gasteiger partial charge in [0, 0.05) is 17.4 Å². The van der Waals surface area contributed by atoms with Crippen molar-refractivity contribution in [2.75, 3.05) is 6.61 Å².